The van der Waals surface area contributed by atoms with Gasteiger partial charge < -0.3 is 5.32 Å². The summed E-state index contributed by atoms with van der Waals surface area (Å²) >= 11 is 3.09. The third kappa shape index (κ3) is 4.06. The number of hydrogen-bond acceptors (Lipinski definition) is 4. The number of aryl methyl sites for hydroxylation is 1. The lowest BCUT2D eigenvalue weighted by molar-refractivity contribution is -0.385. The van der Waals surface area contributed by atoms with Gasteiger partial charge in [-0.2, -0.15) is 5.26 Å². The van der Waals surface area contributed by atoms with Crippen LogP contribution in [0.15, 0.2) is 52.5 Å². The molecule has 24 heavy (non-hydrogen) atoms. The van der Waals surface area contributed by atoms with Crippen LogP contribution in [-0.4, -0.2) is 10.8 Å². The number of halogens is 1. The molecule has 0 aliphatic heterocycles. The van der Waals surface area contributed by atoms with Gasteiger partial charge in [-0.25, -0.2) is 0 Å². The summed E-state index contributed by atoms with van der Waals surface area (Å²) in [7, 11) is 0. The molecule has 0 saturated heterocycles. The Bertz CT molecular complexity index is 885. The van der Waals surface area contributed by atoms with Crippen LogP contribution in [0.2, 0.25) is 0 Å². The Morgan fingerprint density at radius 2 is 2.04 bits per heavy atom. The molecule has 2 aromatic rings. The summed E-state index contributed by atoms with van der Waals surface area (Å²) in [6, 6.07) is 13.4. The topological polar surface area (TPSA) is 96.0 Å². The molecule has 0 heterocycles. The molecule has 0 fully saturated rings. The van der Waals surface area contributed by atoms with Gasteiger partial charge in [-0.05, 0) is 52.2 Å². The SMILES string of the molecule is Cc1ccccc1NC(=O)/C(C#N)=C/c1ccc(Br)c([N+](=O)[O-])c1. The van der Waals surface area contributed by atoms with Crippen LogP contribution in [0.5, 0.6) is 0 Å². The molecule has 0 aliphatic rings. The highest BCUT2D eigenvalue weighted by molar-refractivity contribution is 9.10. The second kappa shape index (κ2) is 7.53. The summed E-state index contributed by atoms with van der Waals surface area (Å²) in [5.74, 6) is -0.572. The molecule has 0 atom stereocenters. The van der Waals surface area contributed by atoms with Gasteiger partial charge in [-0.1, -0.05) is 24.3 Å². The predicted octanol–water partition coefficient (Wildman–Crippen LogP) is 4.21. The van der Waals surface area contributed by atoms with Crippen LogP contribution in [0.3, 0.4) is 0 Å². The molecular weight excluding hydrogens is 374 g/mol. The number of amides is 1. The Balaban J connectivity index is 2.31. The minimum Gasteiger partial charge on any atom is -0.321 e. The van der Waals surface area contributed by atoms with Crippen LogP contribution < -0.4 is 5.32 Å². The van der Waals surface area contributed by atoms with Crippen molar-refractivity contribution in [3.05, 3.63) is 73.8 Å². The predicted molar refractivity (Wildman–Crippen MR) is 94.2 cm³/mol. The number of para-hydroxylation sites is 1. The summed E-state index contributed by atoms with van der Waals surface area (Å²) in [6.45, 7) is 1.84. The van der Waals surface area contributed by atoms with E-state index in [1.54, 1.807) is 18.2 Å². The molecule has 0 bridgehead atoms. The normalized spacial score (nSPS) is 10.8. The van der Waals surface area contributed by atoms with E-state index in [2.05, 4.69) is 21.2 Å². The number of nitriles is 1. The van der Waals surface area contributed by atoms with Crippen LogP contribution in [0.4, 0.5) is 11.4 Å². The number of nitrogens with one attached hydrogen (secondary N) is 1. The van der Waals surface area contributed by atoms with Crippen LogP contribution in [0, 0.1) is 28.4 Å². The van der Waals surface area contributed by atoms with E-state index in [9.17, 15) is 20.2 Å². The standard InChI is InChI=1S/C17H12BrN3O3/c1-11-4-2-3-5-15(11)20-17(22)13(10-19)8-12-6-7-14(18)16(9-12)21(23)24/h2-9H,1H3,(H,20,22)/b13-8+. The van der Waals surface area contributed by atoms with Gasteiger partial charge in [0.15, 0.2) is 0 Å². The summed E-state index contributed by atoms with van der Waals surface area (Å²) in [5.41, 5.74) is 1.57. The molecule has 2 rings (SSSR count). The Labute approximate surface area is 146 Å². The van der Waals surface area contributed by atoms with Crippen molar-refractivity contribution in [2.75, 3.05) is 5.32 Å². The van der Waals surface area contributed by atoms with Gasteiger partial charge in [0.05, 0.1) is 9.40 Å². The van der Waals surface area contributed by atoms with E-state index < -0.39 is 10.8 Å². The maximum atomic E-state index is 12.2. The van der Waals surface area contributed by atoms with Crippen molar-refractivity contribution in [2.45, 2.75) is 6.92 Å². The number of nitrogens with zero attached hydrogens (tertiary/aromatic N) is 2. The Morgan fingerprint density at radius 1 is 1.33 bits per heavy atom. The zero-order chi connectivity index (χ0) is 17.7. The fourth-order valence-electron chi connectivity index (χ4n) is 1.98. The Kier molecular flexibility index (Phi) is 5.45. The highest BCUT2D eigenvalue weighted by Gasteiger charge is 2.14. The molecule has 0 aromatic heterocycles. The van der Waals surface area contributed by atoms with Crippen molar-refractivity contribution in [1.29, 1.82) is 5.26 Å². The molecule has 6 nitrogen and oxygen atoms in total. The molecule has 0 saturated carbocycles. The third-order valence-electron chi connectivity index (χ3n) is 3.24. The molecule has 0 aliphatic carbocycles. The fraction of sp³-hybridized carbons (Fsp3) is 0.0588. The highest BCUT2D eigenvalue weighted by atomic mass is 79.9. The second-order valence-corrected chi connectivity index (χ2v) is 5.76. The van der Waals surface area contributed by atoms with Crippen molar-refractivity contribution in [1.82, 2.24) is 0 Å². The van der Waals surface area contributed by atoms with Crippen molar-refractivity contribution < 1.29 is 9.72 Å². The van der Waals surface area contributed by atoms with Crippen molar-refractivity contribution in [3.63, 3.8) is 0 Å². The molecule has 120 valence electrons. The quantitative estimate of drug-likeness (QED) is 0.368. The van der Waals surface area contributed by atoms with E-state index in [0.29, 0.717) is 15.7 Å². The smallest absolute Gasteiger partial charge is 0.284 e. The van der Waals surface area contributed by atoms with Crippen molar-refractivity contribution >= 4 is 39.3 Å². The number of nitro benzene ring substituents is 1. The summed E-state index contributed by atoms with van der Waals surface area (Å²) in [4.78, 5) is 22.7. The molecule has 0 radical (unpaired) electrons. The van der Waals surface area contributed by atoms with E-state index in [4.69, 9.17) is 0 Å². The van der Waals surface area contributed by atoms with Crippen molar-refractivity contribution in [3.8, 4) is 6.07 Å². The van der Waals surface area contributed by atoms with Gasteiger partial charge in [0, 0.05) is 11.8 Å². The number of rotatable bonds is 4. The fourth-order valence-corrected chi connectivity index (χ4v) is 2.37. The van der Waals surface area contributed by atoms with E-state index in [1.165, 1.54) is 18.2 Å². The molecule has 1 N–H and O–H groups in total. The lowest BCUT2D eigenvalue weighted by Gasteiger charge is -2.07. The molecule has 0 spiro atoms. The van der Waals surface area contributed by atoms with E-state index in [-0.39, 0.29) is 11.3 Å². The first-order valence-electron chi connectivity index (χ1n) is 6.85. The Hall–Kier alpha value is -2.98. The van der Waals surface area contributed by atoms with E-state index in [0.717, 1.165) is 5.56 Å². The number of nitro groups is 1. The van der Waals surface area contributed by atoms with E-state index in [1.807, 2.05) is 25.1 Å². The van der Waals surface area contributed by atoms with Gasteiger partial charge in [0.25, 0.3) is 11.6 Å². The molecular formula is C17H12BrN3O3. The van der Waals surface area contributed by atoms with Crippen LogP contribution in [0.1, 0.15) is 11.1 Å². The van der Waals surface area contributed by atoms with Gasteiger partial charge in [0.2, 0.25) is 0 Å². The minimum absolute atomic E-state index is 0.139. The highest BCUT2D eigenvalue weighted by Crippen LogP contribution is 2.26. The lowest BCUT2D eigenvalue weighted by Crippen LogP contribution is -2.14. The number of hydrogen-bond donors (Lipinski definition) is 1. The number of carbonyl (C=O) groups excluding carboxylic acids is 1. The average Bonchev–Trinajstić information content (AvgIpc) is 2.55. The number of anilines is 1. The van der Waals surface area contributed by atoms with Crippen LogP contribution in [-0.2, 0) is 4.79 Å². The number of carbonyl (C=O) groups is 1. The first-order chi connectivity index (χ1) is 11.4. The second-order valence-electron chi connectivity index (χ2n) is 4.91. The molecule has 7 heteroatoms. The first-order valence-corrected chi connectivity index (χ1v) is 7.64. The first kappa shape index (κ1) is 17.4. The van der Waals surface area contributed by atoms with Gasteiger partial charge >= 0.3 is 0 Å². The summed E-state index contributed by atoms with van der Waals surface area (Å²) < 4.78 is 0.326. The third-order valence-corrected chi connectivity index (χ3v) is 3.91. The average molecular weight is 386 g/mol. The largest absolute Gasteiger partial charge is 0.321 e. The van der Waals surface area contributed by atoms with Gasteiger partial charge in [-0.3, -0.25) is 14.9 Å². The minimum atomic E-state index is -0.572. The number of benzene rings is 2. The van der Waals surface area contributed by atoms with E-state index >= 15 is 0 Å². The summed E-state index contributed by atoms with van der Waals surface area (Å²) in [6.07, 6.45) is 1.31. The zero-order valence-corrected chi connectivity index (χ0v) is 14.2. The monoisotopic (exact) mass is 385 g/mol. The summed E-state index contributed by atoms with van der Waals surface area (Å²) in [5, 5.41) is 22.8. The van der Waals surface area contributed by atoms with Gasteiger partial charge in [0.1, 0.15) is 11.6 Å². The maximum absolute atomic E-state index is 12.2. The molecule has 2 aromatic carbocycles. The maximum Gasteiger partial charge on any atom is 0.284 e. The lowest BCUT2D eigenvalue weighted by atomic mass is 10.1. The van der Waals surface area contributed by atoms with Crippen LogP contribution in [0.25, 0.3) is 6.08 Å². The molecule has 1 amide bonds. The molecule has 0 unspecified atom stereocenters. The van der Waals surface area contributed by atoms with Crippen molar-refractivity contribution in [2.24, 2.45) is 0 Å². The Morgan fingerprint density at radius 3 is 2.67 bits per heavy atom. The van der Waals surface area contributed by atoms with Gasteiger partial charge in [-0.15, -0.1) is 0 Å². The van der Waals surface area contributed by atoms with Crippen LogP contribution >= 0.6 is 15.9 Å². The zero-order valence-electron chi connectivity index (χ0n) is 12.6.